The van der Waals surface area contributed by atoms with Crippen molar-refractivity contribution in [3.8, 4) is 0 Å². The molecule has 1 heterocycles. The van der Waals surface area contributed by atoms with Crippen molar-refractivity contribution in [3.63, 3.8) is 0 Å². The number of aryl methyl sites for hydroxylation is 2. The highest BCUT2D eigenvalue weighted by atomic mass is 32.2. The first-order valence-corrected chi connectivity index (χ1v) is 8.65. The number of rotatable bonds is 7. The van der Waals surface area contributed by atoms with Crippen LogP contribution in [0.1, 0.15) is 36.5 Å². The molecule has 6 nitrogen and oxygen atoms in total. The highest BCUT2D eigenvalue weighted by molar-refractivity contribution is 7.89. The third-order valence-corrected chi connectivity index (χ3v) is 4.94. The fourth-order valence-electron chi connectivity index (χ4n) is 2.13. The number of nitrogens with one attached hydrogen (secondary N) is 1. The average Bonchev–Trinajstić information content (AvgIpc) is 2.92. The minimum atomic E-state index is -3.67. The molecule has 0 fully saturated rings. The third kappa shape index (κ3) is 4.67. The maximum atomic E-state index is 12.4. The molecule has 0 spiro atoms. The van der Waals surface area contributed by atoms with E-state index in [0.29, 0.717) is 17.9 Å². The standard InChI is InChI=1S/C16H19NO5S/c1-11-3-9-15(22-11)12(2)17-23(20,21)14-7-4-13(5-8-14)6-10-16(18)19/h3-5,7-9,12,17H,6,10H2,1-2H3,(H,18,19). The Bertz CT molecular complexity index is 777. The van der Waals surface area contributed by atoms with E-state index in [2.05, 4.69) is 4.72 Å². The van der Waals surface area contributed by atoms with Crippen molar-refractivity contribution in [2.75, 3.05) is 0 Å². The number of benzene rings is 1. The largest absolute Gasteiger partial charge is 0.481 e. The molecule has 124 valence electrons. The summed E-state index contributed by atoms with van der Waals surface area (Å²) in [6, 6.07) is 9.22. The second kappa shape index (κ2) is 6.97. The summed E-state index contributed by atoms with van der Waals surface area (Å²) in [7, 11) is -3.67. The van der Waals surface area contributed by atoms with E-state index in [1.165, 1.54) is 12.1 Å². The summed E-state index contributed by atoms with van der Waals surface area (Å²) in [6.07, 6.45) is 0.379. The molecule has 1 atom stereocenters. The fourth-order valence-corrected chi connectivity index (χ4v) is 3.34. The van der Waals surface area contributed by atoms with Crippen LogP contribution in [0.15, 0.2) is 45.7 Å². The van der Waals surface area contributed by atoms with Gasteiger partial charge in [0.15, 0.2) is 0 Å². The number of carbonyl (C=O) groups is 1. The van der Waals surface area contributed by atoms with E-state index < -0.39 is 22.0 Å². The SMILES string of the molecule is Cc1ccc(C(C)NS(=O)(=O)c2ccc(CCC(=O)O)cc2)o1. The van der Waals surface area contributed by atoms with Gasteiger partial charge < -0.3 is 9.52 Å². The molecule has 0 radical (unpaired) electrons. The van der Waals surface area contributed by atoms with Gasteiger partial charge in [-0.25, -0.2) is 13.1 Å². The number of aliphatic carboxylic acids is 1. The van der Waals surface area contributed by atoms with E-state index >= 15 is 0 Å². The molecule has 2 rings (SSSR count). The number of carboxylic acid groups (broad SMARTS) is 1. The summed E-state index contributed by atoms with van der Waals surface area (Å²) in [5.74, 6) is 0.379. The summed E-state index contributed by atoms with van der Waals surface area (Å²) in [5.41, 5.74) is 0.779. The van der Waals surface area contributed by atoms with Gasteiger partial charge in [-0.05, 0) is 50.1 Å². The lowest BCUT2D eigenvalue weighted by Crippen LogP contribution is -2.26. The van der Waals surface area contributed by atoms with Gasteiger partial charge in [-0.3, -0.25) is 4.79 Å². The smallest absolute Gasteiger partial charge is 0.303 e. The summed E-state index contributed by atoms with van der Waals surface area (Å²) in [6.45, 7) is 3.50. The Hall–Kier alpha value is -2.12. The van der Waals surface area contributed by atoms with Crippen LogP contribution in [-0.2, 0) is 21.2 Å². The van der Waals surface area contributed by atoms with Crippen LogP contribution in [0, 0.1) is 6.92 Å². The van der Waals surface area contributed by atoms with Crippen LogP contribution in [0.4, 0.5) is 0 Å². The van der Waals surface area contributed by atoms with Gasteiger partial charge in [-0.2, -0.15) is 0 Å². The molecule has 23 heavy (non-hydrogen) atoms. The molecule has 1 aromatic heterocycles. The first kappa shape index (κ1) is 17.2. The normalized spacial score (nSPS) is 13.0. The number of carboxylic acids is 1. The second-order valence-electron chi connectivity index (χ2n) is 5.33. The first-order valence-electron chi connectivity index (χ1n) is 7.17. The van der Waals surface area contributed by atoms with E-state index in [1.54, 1.807) is 38.1 Å². The third-order valence-electron chi connectivity index (χ3n) is 3.38. The molecule has 0 bridgehead atoms. The molecule has 1 unspecified atom stereocenters. The van der Waals surface area contributed by atoms with Crippen molar-refractivity contribution in [1.82, 2.24) is 4.72 Å². The maximum absolute atomic E-state index is 12.4. The van der Waals surface area contributed by atoms with E-state index in [-0.39, 0.29) is 11.3 Å². The maximum Gasteiger partial charge on any atom is 0.303 e. The van der Waals surface area contributed by atoms with Crippen LogP contribution in [0.2, 0.25) is 0 Å². The van der Waals surface area contributed by atoms with Gasteiger partial charge in [0, 0.05) is 6.42 Å². The Balaban J connectivity index is 2.08. The van der Waals surface area contributed by atoms with Gasteiger partial charge in [0.2, 0.25) is 10.0 Å². The Morgan fingerprint density at radius 2 is 1.87 bits per heavy atom. The zero-order valence-electron chi connectivity index (χ0n) is 12.9. The van der Waals surface area contributed by atoms with Crippen molar-refractivity contribution in [2.45, 2.75) is 37.6 Å². The van der Waals surface area contributed by atoms with Gasteiger partial charge in [0.1, 0.15) is 11.5 Å². The number of furan rings is 1. The fraction of sp³-hybridized carbons (Fsp3) is 0.312. The number of hydrogen-bond donors (Lipinski definition) is 2. The summed E-state index contributed by atoms with van der Waals surface area (Å²) in [5, 5.41) is 8.65. The second-order valence-corrected chi connectivity index (χ2v) is 7.04. The first-order chi connectivity index (χ1) is 10.8. The predicted molar refractivity (Wildman–Crippen MR) is 84.6 cm³/mol. The molecule has 0 saturated heterocycles. The molecule has 0 amide bonds. The minimum Gasteiger partial charge on any atom is -0.481 e. The van der Waals surface area contributed by atoms with Gasteiger partial charge in [0.25, 0.3) is 0 Å². The molecule has 1 aromatic carbocycles. The average molecular weight is 337 g/mol. The molecular formula is C16H19NO5S. The molecule has 2 aromatic rings. The molecular weight excluding hydrogens is 318 g/mol. The lowest BCUT2D eigenvalue weighted by atomic mass is 10.1. The summed E-state index contributed by atoms with van der Waals surface area (Å²) >= 11 is 0. The lowest BCUT2D eigenvalue weighted by molar-refractivity contribution is -0.136. The topological polar surface area (TPSA) is 96.6 Å². The Kier molecular flexibility index (Phi) is 5.23. The van der Waals surface area contributed by atoms with Gasteiger partial charge in [-0.15, -0.1) is 0 Å². The Morgan fingerprint density at radius 3 is 2.39 bits per heavy atom. The summed E-state index contributed by atoms with van der Waals surface area (Å²) < 4.78 is 32.7. The van der Waals surface area contributed by atoms with Crippen LogP contribution >= 0.6 is 0 Å². The van der Waals surface area contributed by atoms with Crippen molar-refractivity contribution in [2.24, 2.45) is 0 Å². The van der Waals surface area contributed by atoms with E-state index in [0.717, 1.165) is 5.56 Å². The zero-order valence-corrected chi connectivity index (χ0v) is 13.8. The zero-order chi connectivity index (χ0) is 17.0. The Morgan fingerprint density at radius 1 is 1.22 bits per heavy atom. The molecule has 0 aliphatic carbocycles. The highest BCUT2D eigenvalue weighted by Crippen LogP contribution is 2.19. The minimum absolute atomic E-state index is 0.0131. The van der Waals surface area contributed by atoms with Crippen LogP contribution in [0.25, 0.3) is 0 Å². The van der Waals surface area contributed by atoms with Crippen LogP contribution in [0.3, 0.4) is 0 Å². The van der Waals surface area contributed by atoms with Gasteiger partial charge in [-0.1, -0.05) is 12.1 Å². The molecule has 7 heteroatoms. The van der Waals surface area contributed by atoms with Crippen LogP contribution < -0.4 is 4.72 Å². The molecule has 0 aliphatic heterocycles. The van der Waals surface area contributed by atoms with E-state index in [4.69, 9.17) is 9.52 Å². The van der Waals surface area contributed by atoms with Crippen molar-refractivity contribution in [1.29, 1.82) is 0 Å². The van der Waals surface area contributed by atoms with Gasteiger partial charge >= 0.3 is 5.97 Å². The number of hydrogen-bond acceptors (Lipinski definition) is 4. The van der Waals surface area contributed by atoms with E-state index in [1.807, 2.05) is 0 Å². The Labute approximate surface area is 135 Å². The predicted octanol–water partition coefficient (Wildman–Crippen LogP) is 2.64. The highest BCUT2D eigenvalue weighted by Gasteiger charge is 2.20. The molecule has 0 saturated carbocycles. The lowest BCUT2D eigenvalue weighted by Gasteiger charge is -2.12. The molecule has 2 N–H and O–H groups in total. The van der Waals surface area contributed by atoms with Crippen LogP contribution in [-0.4, -0.2) is 19.5 Å². The van der Waals surface area contributed by atoms with Gasteiger partial charge in [0.05, 0.1) is 10.9 Å². The number of sulfonamides is 1. The monoisotopic (exact) mass is 337 g/mol. The van der Waals surface area contributed by atoms with E-state index in [9.17, 15) is 13.2 Å². The van der Waals surface area contributed by atoms with Crippen LogP contribution in [0.5, 0.6) is 0 Å². The van der Waals surface area contributed by atoms with Crippen molar-refractivity contribution < 1.29 is 22.7 Å². The van der Waals surface area contributed by atoms with Crippen molar-refractivity contribution in [3.05, 3.63) is 53.5 Å². The van der Waals surface area contributed by atoms with Crippen molar-refractivity contribution >= 4 is 16.0 Å². The summed E-state index contributed by atoms with van der Waals surface area (Å²) in [4.78, 5) is 10.7. The molecule has 0 aliphatic rings. The quantitative estimate of drug-likeness (QED) is 0.809.